The molecule has 2 aromatic carbocycles. The fourth-order valence-electron chi connectivity index (χ4n) is 3.13. The third-order valence-electron chi connectivity index (χ3n) is 4.60. The van der Waals surface area contributed by atoms with Crippen molar-refractivity contribution in [3.05, 3.63) is 70.6 Å². The lowest BCUT2D eigenvalue weighted by Crippen LogP contribution is -2.42. The highest BCUT2D eigenvalue weighted by atomic mass is 16.5. The first kappa shape index (κ1) is 20.3. The molecule has 0 unspecified atom stereocenters. The maximum Gasteiger partial charge on any atom is 0.344 e. The standard InChI is InChI=1S/C23H23NO5/c1-14(2)12-19(23(27)28-3)24-21(25)16-10-8-15(9-11-16)18-13-17-6-4-5-7-20(17)29-22(18)26/h4-11,13-14,19H,12H2,1-3H3,(H,24,25)/t19-/m0/s1. The Morgan fingerprint density at radius 1 is 1.07 bits per heavy atom. The number of amides is 1. The average molecular weight is 393 g/mol. The van der Waals surface area contributed by atoms with Crippen LogP contribution in [0, 0.1) is 5.92 Å². The minimum atomic E-state index is -0.709. The van der Waals surface area contributed by atoms with E-state index in [-0.39, 0.29) is 11.8 Å². The van der Waals surface area contributed by atoms with E-state index in [9.17, 15) is 14.4 Å². The molecule has 0 aliphatic rings. The molecule has 0 spiro atoms. The van der Waals surface area contributed by atoms with Crippen molar-refractivity contribution in [3.8, 4) is 11.1 Å². The van der Waals surface area contributed by atoms with Gasteiger partial charge in [-0.1, -0.05) is 44.2 Å². The van der Waals surface area contributed by atoms with Gasteiger partial charge in [0.25, 0.3) is 5.91 Å². The van der Waals surface area contributed by atoms with Crippen molar-refractivity contribution in [2.24, 2.45) is 5.92 Å². The summed E-state index contributed by atoms with van der Waals surface area (Å²) in [5.74, 6) is -0.635. The monoisotopic (exact) mass is 393 g/mol. The van der Waals surface area contributed by atoms with E-state index in [2.05, 4.69) is 5.32 Å². The zero-order valence-electron chi connectivity index (χ0n) is 16.6. The Morgan fingerprint density at radius 3 is 2.41 bits per heavy atom. The summed E-state index contributed by atoms with van der Waals surface area (Å²) >= 11 is 0. The number of benzene rings is 2. The maximum atomic E-state index is 12.5. The molecule has 6 nitrogen and oxygen atoms in total. The molecule has 0 fully saturated rings. The molecule has 1 aromatic heterocycles. The lowest BCUT2D eigenvalue weighted by Gasteiger charge is -2.18. The third kappa shape index (κ3) is 4.71. The number of methoxy groups -OCH3 is 1. The van der Waals surface area contributed by atoms with E-state index in [1.54, 1.807) is 42.5 Å². The van der Waals surface area contributed by atoms with Crippen LogP contribution in [0.4, 0.5) is 0 Å². The SMILES string of the molecule is COC(=O)[C@H](CC(C)C)NC(=O)c1ccc(-c2cc3ccccc3oc2=O)cc1. The summed E-state index contributed by atoms with van der Waals surface area (Å²) in [6.45, 7) is 3.93. The van der Waals surface area contributed by atoms with Gasteiger partial charge in [0.1, 0.15) is 11.6 Å². The largest absolute Gasteiger partial charge is 0.467 e. The number of ether oxygens (including phenoxy) is 1. The van der Waals surface area contributed by atoms with Crippen LogP contribution in [0.3, 0.4) is 0 Å². The van der Waals surface area contributed by atoms with Gasteiger partial charge >= 0.3 is 11.6 Å². The summed E-state index contributed by atoms with van der Waals surface area (Å²) in [6.07, 6.45) is 0.481. The number of hydrogen-bond donors (Lipinski definition) is 1. The normalized spacial score (nSPS) is 12.0. The molecule has 1 heterocycles. The molecule has 150 valence electrons. The van der Waals surface area contributed by atoms with E-state index in [1.807, 2.05) is 26.0 Å². The Balaban J connectivity index is 1.82. The molecule has 0 saturated carbocycles. The van der Waals surface area contributed by atoms with Gasteiger partial charge in [-0.05, 0) is 42.2 Å². The highest BCUT2D eigenvalue weighted by Gasteiger charge is 2.23. The second kappa shape index (κ2) is 8.73. The zero-order valence-corrected chi connectivity index (χ0v) is 16.6. The van der Waals surface area contributed by atoms with Crippen LogP contribution in [0.2, 0.25) is 0 Å². The summed E-state index contributed by atoms with van der Waals surface area (Å²) < 4.78 is 10.1. The van der Waals surface area contributed by atoms with Gasteiger partial charge in [-0.3, -0.25) is 4.79 Å². The topological polar surface area (TPSA) is 85.6 Å². The van der Waals surface area contributed by atoms with Crippen LogP contribution in [0.25, 0.3) is 22.1 Å². The zero-order chi connectivity index (χ0) is 21.0. The van der Waals surface area contributed by atoms with Crippen LogP contribution in [0.5, 0.6) is 0 Å². The van der Waals surface area contributed by atoms with E-state index >= 15 is 0 Å². The van der Waals surface area contributed by atoms with Crippen molar-refractivity contribution in [2.45, 2.75) is 26.3 Å². The molecule has 0 radical (unpaired) electrons. The molecule has 29 heavy (non-hydrogen) atoms. The molecule has 0 saturated heterocycles. The Labute approximate surface area is 168 Å². The van der Waals surface area contributed by atoms with Crippen molar-refractivity contribution >= 4 is 22.8 Å². The fourth-order valence-corrected chi connectivity index (χ4v) is 3.13. The first-order valence-corrected chi connectivity index (χ1v) is 9.41. The van der Waals surface area contributed by atoms with Crippen LogP contribution in [-0.2, 0) is 9.53 Å². The van der Waals surface area contributed by atoms with Crippen molar-refractivity contribution in [1.29, 1.82) is 0 Å². The van der Waals surface area contributed by atoms with Gasteiger partial charge in [0.15, 0.2) is 0 Å². The van der Waals surface area contributed by atoms with Crippen molar-refractivity contribution < 1.29 is 18.7 Å². The quantitative estimate of drug-likeness (QED) is 0.509. The number of fused-ring (bicyclic) bond motifs is 1. The van der Waals surface area contributed by atoms with Crippen LogP contribution in [0.15, 0.2) is 63.8 Å². The second-order valence-corrected chi connectivity index (χ2v) is 7.24. The van der Waals surface area contributed by atoms with Crippen LogP contribution < -0.4 is 10.9 Å². The number of rotatable bonds is 6. The molecular weight excluding hydrogens is 370 g/mol. The number of carbonyl (C=O) groups is 2. The van der Waals surface area contributed by atoms with E-state index in [0.29, 0.717) is 28.7 Å². The second-order valence-electron chi connectivity index (χ2n) is 7.24. The molecular formula is C23H23NO5. The molecule has 0 aliphatic carbocycles. The number of para-hydroxylation sites is 1. The molecule has 1 amide bonds. The van der Waals surface area contributed by atoms with E-state index in [4.69, 9.17) is 9.15 Å². The van der Waals surface area contributed by atoms with E-state index < -0.39 is 17.6 Å². The molecule has 1 N–H and O–H groups in total. The first-order chi connectivity index (χ1) is 13.9. The van der Waals surface area contributed by atoms with Crippen LogP contribution in [0.1, 0.15) is 30.6 Å². The summed E-state index contributed by atoms with van der Waals surface area (Å²) in [5.41, 5.74) is 1.53. The Kier molecular flexibility index (Phi) is 6.12. The number of carbonyl (C=O) groups excluding carboxylic acids is 2. The lowest BCUT2D eigenvalue weighted by molar-refractivity contribution is -0.143. The number of hydrogen-bond acceptors (Lipinski definition) is 5. The highest BCUT2D eigenvalue weighted by Crippen LogP contribution is 2.21. The van der Waals surface area contributed by atoms with Crippen molar-refractivity contribution in [1.82, 2.24) is 5.32 Å². The Bertz CT molecular complexity index is 1080. The Hall–Kier alpha value is -3.41. The first-order valence-electron chi connectivity index (χ1n) is 9.41. The van der Waals surface area contributed by atoms with Gasteiger partial charge in [0.2, 0.25) is 0 Å². The Morgan fingerprint density at radius 2 is 1.76 bits per heavy atom. The predicted molar refractivity (Wildman–Crippen MR) is 111 cm³/mol. The summed E-state index contributed by atoms with van der Waals surface area (Å²) in [5, 5.41) is 3.53. The van der Waals surface area contributed by atoms with Crippen LogP contribution >= 0.6 is 0 Å². The van der Waals surface area contributed by atoms with Crippen molar-refractivity contribution in [2.75, 3.05) is 7.11 Å². The summed E-state index contributed by atoms with van der Waals surface area (Å²) in [4.78, 5) is 36.8. The molecule has 0 bridgehead atoms. The van der Waals surface area contributed by atoms with Crippen molar-refractivity contribution in [3.63, 3.8) is 0 Å². The smallest absolute Gasteiger partial charge is 0.344 e. The molecule has 1 atom stereocenters. The van der Waals surface area contributed by atoms with Crippen LogP contribution in [-0.4, -0.2) is 25.0 Å². The lowest BCUT2D eigenvalue weighted by atomic mass is 10.0. The molecule has 3 rings (SSSR count). The fraction of sp³-hybridized carbons (Fsp3) is 0.261. The van der Waals surface area contributed by atoms with Gasteiger partial charge in [0, 0.05) is 10.9 Å². The minimum Gasteiger partial charge on any atom is -0.467 e. The van der Waals surface area contributed by atoms with E-state index in [0.717, 1.165) is 5.39 Å². The van der Waals surface area contributed by atoms with Gasteiger partial charge in [-0.2, -0.15) is 0 Å². The number of nitrogens with one attached hydrogen (secondary N) is 1. The highest BCUT2D eigenvalue weighted by molar-refractivity contribution is 5.97. The molecule has 3 aromatic rings. The average Bonchev–Trinajstić information content (AvgIpc) is 2.72. The van der Waals surface area contributed by atoms with Gasteiger partial charge in [0.05, 0.1) is 12.7 Å². The van der Waals surface area contributed by atoms with Gasteiger partial charge in [-0.15, -0.1) is 0 Å². The molecule has 6 heteroatoms. The minimum absolute atomic E-state index is 0.217. The van der Waals surface area contributed by atoms with Gasteiger partial charge in [-0.25, -0.2) is 9.59 Å². The van der Waals surface area contributed by atoms with Gasteiger partial charge < -0.3 is 14.5 Å². The van der Waals surface area contributed by atoms with E-state index in [1.165, 1.54) is 7.11 Å². The maximum absolute atomic E-state index is 12.5. The third-order valence-corrected chi connectivity index (χ3v) is 4.60. The summed E-state index contributed by atoms with van der Waals surface area (Å²) in [6, 6.07) is 14.9. The predicted octanol–water partition coefficient (Wildman–Crippen LogP) is 3.78. The molecule has 0 aliphatic heterocycles. The summed E-state index contributed by atoms with van der Waals surface area (Å²) in [7, 11) is 1.30. The number of esters is 1.